The molecule has 3 rings (SSSR count). The van der Waals surface area contributed by atoms with Gasteiger partial charge in [-0.3, -0.25) is 14.5 Å². The maximum absolute atomic E-state index is 12.9. The van der Waals surface area contributed by atoms with E-state index in [1.807, 2.05) is 62.4 Å². The molecule has 0 saturated heterocycles. The predicted molar refractivity (Wildman–Crippen MR) is 113 cm³/mol. The molecule has 6 nitrogen and oxygen atoms in total. The first-order valence-electron chi connectivity index (χ1n) is 9.92. The molecule has 0 fully saturated rings. The van der Waals surface area contributed by atoms with Gasteiger partial charge in [-0.05, 0) is 50.1 Å². The number of carbonyl (C=O) groups excluding carboxylic acids is 2. The summed E-state index contributed by atoms with van der Waals surface area (Å²) in [4.78, 5) is 27.1. The highest BCUT2D eigenvalue weighted by molar-refractivity contribution is 6.36. The van der Waals surface area contributed by atoms with Crippen molar-refractivity contribution in [3.63, 3.8) is 0 Å². The molecule has 0 unspecified atom stereocenters. The Balaban J connectivity index is 1.96. The van der Waals surface area contributed by atoms with Crippen LogP contribution in [-0.2, 0) is 9.59 Å². The SMILES string of the molecule is CCCOc1ccc(C2=C(Nc3cccc(OCC)c3)C(=O)N(CC)C2=O)cc1. The van der Waals surface area contributed by atoms with Crippen LogP contribution in [0.4, 0.5) is 5.69 Å². The van der Waals surface area contributed by atoms with Gasteiger partial charge in [0.15, 0.2) is 0 Å². The highest BCUT2D eigenvalue weighted by Gasteiger charge is 2.38. The number of imide groups is 1. The van der Waals surface area contributed by atoms with Gasteiger partial charge >= 0.3 is 0 Å². The molecule has 0 aliphatic carbocycles. The smallest absolute Gasteiger partial charge is 0.278 e. The van der Waals surface area contributed by atoms with Crippen LogP contribution in [0.15, 0.2) is 54.2 Å². The Morgan fingerprint density at radius 1 is 0.897 bits per heavy atom. The molecule has 0 saturated carbocycles. The highest BCUT2D eigenvalue weighted by Crippen LogP contribution is 2.32. The van der Waals surface area contributed by atoms with Crippen LogP contribution in [0.2, 0.25) is 0 Å². The van der Waals surface area contributed by atoms with Crippen LogP contribution in [0.1, 0.15) is 32.8 Å². The van der Waals surface area contributed by atoms with E-state index in [0.29, 0.717) is 42.3 Å². The van der Waals surface area contributed by atoms with Crippen LogP contribution < -0.4 is 14.8 Å². The van der Waals surface area contributed by atoms with Gasteiger partial charge in [0.25, 0.3) is 11.8 Å². The molecule has 1 heterocycles. The fourth-order valence-electron chi connectivity index (χ4n) is 3.16. The normalized spacial score (nSPS) is 13.8. The number of anilines is 1. The Morgan fingerprint density at radius 2 is 1.66 bits per heavy atom. The molecule has 0 atom stereocenters. The fourth-order valence-corrected chi connectivity index (χ4v) is 3.16. The Morgan fingerprint density at radius 3 is 2.31 bits per heavy atom. The van der Waals surface area contributed by atoms with Crippen LogP contribution in [0.3, 0.4) is 0 Å². The first-order chi connectivity index (χ1) is 14.1. The molecular formula is C23H26N2O4. The van der Waals surface area contributed by atoms with Crippen molar-refractivity contribution in [3.05, 3.63) is 59.8 Å². The Kier molecular flexibility index (Phi) is 6.54. The number of carbonyl (C=O) groups is 2. The number of hydrogen-bond acceptors (Lipinski definition) is 5. The molecule has 1 aliphatic heterocycles. The maximum atomic E-state index is 12.9. The Bertz CT molecular complexity index is 919. The van der Waals surface area contributed by atoms with Gasteiger partial charge in [0.2, 0.25) is 0 Å². The Labute approximate surface area is 171 Å². The van der Waals surface area contributed by atoms with Crippen LogP contribution in [-0.4, -0.2) is 36.5 Å². The van der Waals surface area contributed by atoms with Gasteiger partial charge in [0.05, 0.1) is 18.8 Å². The largest absolute Gasteiger partial charge is 0.494 e. The number of hydrogen-bond donors (Lipinski definition) is 1. The molecule has 1 N–H and O–H groups in total. The number of nitrogens with one attached hydrogen (secondary N) is 1. The van der Waals surface area contributed by atoms with Gasteiger partial charge in [0, 0.05) is 18.3 Å². The van der Waals surface area contributed by atoms with E-state index in [-0.39, 0.29) is 17.5 Å². The lowest BCUT2D eigenvalue weighted by Gasteiger charge is -2.12. The summed E-state index contributed by atoms with van der Waals surface area (Å²) in [6.07, 6.45) is 0.917. The van der Waals surface area contributed by atoms with Gasteiger partial charge < -0.3 is 14.8 Å². The molecule has 0 aromatic heterocycles. The average Bonchev–Trinajstić information content (AvgIpc) is 2.96. The first-order valence-corrected chi connectivity index (χ1v) is 9.92. The number of benzene rings is 2. The third-order valence-corrected chi connectivity index (χ3v) is 4.51. The molecule has 29 heavy (non-hydrogen) atoms. The topological polar surface area (TPSA) is 67.9 Å². The number of likely N-dealkylation sites (N-methyl/N-ethyl adjacent to an activating group) is 1. The molecule has 1 aliphatic rings. The summed E-state index contributed by atoms with van der Waals surface area (Å²) in [5.41, 5.74) is 1.99. The number of amides is 2. The lowest BCUT2D eigenvalue weighted by molar-refractivity contribution is -0.136. The molecule has 0 bridgehead atoms. The molecule has 152 valence electrons. The van der Waals surface area contributed by atoms with Gasteiger partial charge in [-0.15, -0.1) is 0 Å². The zero-order valence-corrected chi connectivity index (χ0v) is 17.0. The number of ether oxygens (including phenoxy) is 2. The van der Waals surface area contributed by atoms with Crippen molar-refractivity contribution < 1.29 is 19.1 Å². The van der Waals surface area contributed by atoms with Crippen molar-refractivity contribution in [1.29, 1.82) is 0 Å². The van der Waals surface area contributed by atoms with E-state index in [0.717, 1.165) is 12.2 Å². The van der Waals surface area contributed by atoms with Gasteiger partial charge in [0.1, 0.15) is 17.2 Å². The van der Waals surface area contributed by atoms with E-state index in [2.05, 4.69) is 5.32 Å². The summed E-state index contributed by atoms with van der Waals surface area (Å²) in [5.74, 6) is 0.796. The summed E-state index contributed by atoms with van der Waals surface area (Å²) in [7, 11) is 0. The van der Waals surface area contributed by atoms with E-state index in [1.54, 1.807) is 6.92 Å². The summed E-state index contributed by atoms with van der Waals surface area (Å²) in [6.45, 7) is 7.22. The number of rotatable bonds is 9. The van der Waals surface area contributed by atoms with Gasteiger partial charge in [-0.25, -0.2) is 0 Å². The lowest BCUT2D eigenvalue weighted by Crippen LogP contribution is -2.32. The molecular weight excluding hydrogens is 368 g/mol. The van der Waals surface area contributed by atoms with Gasteiger partial charge in [-0.2, -0.15) is 0 Å². The molecule has 0 radical (unpaired) electrons. The van der Waals surface area contributed by atoms with Crippen LogP contribution in [0.5, 0.6) is 11.5 Å². The molecule has 0 spiro atoms. The molecule has 6 heteroatoms. The van der Waals surface area contributed by atoms with E-state index < -0.39 is 0 Å². The molecule has 2 amide bonds. The van der Waals surface area contributed by atoms with Crippen molar-refractivity contribution in [2.75, 3.05) is 25.1 Å². The molecule has 2 aromatic rings. The predicted octanol–water partition coefficient (Wildman–Crippen LogP) is 4.09. The van der Waals surface area contributed by atoms with Crippen molar-refractivity contribution in [1.82, 2.24) is 4.90 Å². The first kappa shape index (κ1) is 20.5. The second-order valence-corrected chi connectivity index (χ2v) is 6.56. The third kappa shape index (κ3) is 4.42. The third-order valence-electron chi connectivity index (χ3n) is 4.51. The van der Waals surface area contributed by atoms with Crippen molar-refractivity contribution >= 4 is 23.1 Å². The Hall–Kier alpha value is -3.28. The van der Waals surface area contributed by atoms with E-state index in [9.17, 15) is 9.59 Å². The minimum absolute atomic E-state index is 0.271. The summed E-state index contributed by atoms with van der Waals surface area (Å²) in [6, 6.07) is 14.6. The van der Waals surface area contributed by atoms with E-state index >= 15 is 0 Å². The van der Waals surface area contributed by atoms with Crippen molar-refractivity contribution in [2.24, 2.45) is 0 Å². The van der Waals surface area contributed by atoms with Crippen LogP contribution in [0, 0.1) is 0 Å². The zero-order valence-electron chi connectivity index (χ0n) is 17.0. The van der Waals surface area contributed by atoms with Crippen molar-refractivity contribution in [3.8, 4) is 11.5 Å². The highest BCUT2D eigenvalue weighted by atomic mass is 16.5. The van der Waals surface area contributed by atoms with Crippen LogP contribution in [0.25, 0.3) is 5.57 Å². The van der Waals surface area contributed by atoms with E-state index in [1.165, 1.54) is 4.90 Å². The second-order valence-electron chi connectivity index (χ2n) is 6.56. The standard InChI is InChI=1S/C23H26N2O4/c1-4-14-29-18-12-10-16(11-13-18)20-21(23(27)25(5-2)22(20)26)24-17-8-7-9-19(15-17)28-6-3/h7-13,15,24H,4-6,14H2,1-3H3. The van der Waals surface area contributed by atoms with Crippen LogP contribution >= 0.6 is 0 Å². The fraction of sp³-hybridized carbons (Fsp3) is 0.304. The van der Waals surface area contributed by atoms with Crippen molar-refractivity contribution in [2.45, 2.75) is 27.2 Å². The summed E-state index contributed by atoms with van der Waals surface area (Å²) < 4.78 is 11.1. The maximum Gasteiger partial charge on any atom is 0.278 e. The number of nitrogens with zero attached hydrogens (tertiary/aromatic N) is 1. The summed E-state index contributed by atoms with van der Waals surface area (Å²) in [5, 5.41) is 3.14. The summed E-state index contributed by atoms with van der Waals surface area (Å²) >= 11 is 0. The minimum Gasteiger partial charge on any atom is -0.494 e. The minimum atomic E-state index is -0.333. The second kappa shape index (κ2) is 9.28. The van der Waals surface area contributed by atoms with Gasteiger partial charge in [-0.1, -0.05) is 25.1 Å². The lowest BCUT2D eigenvalue weighted by atomic mass is 10.0. The van der Waals surface area contributed by atoms with E-state index in [4.69, 9.17) is 9.47 Å². The quantitative estimate of drug-likeness (QED) is 0.649. The average molecular weight is 394 g/mol. The molecule has 2 aromatic carbocycles. The zero-order chi connectivity index (χ0) is 20.8. The monoisotopic (exact) mass is 394 g/mol.